The van der Waals surface area contributed by atoms with Gasteiger partial charge in [0.1, 0.15) is 0 Å². The van der Waals surface area contributed by atoms with Crippen LogP contribution in [-0.2, 0) is 15.6 Å². The van der Waals surface area contributed by atoms with Crippen molar-refractivity contribution in [1.29, 1.82) is 0 Å². The van der Waals surface area contributed by atoms with E-state index >= 15 is 0 Å². The minimum Gasteiger partial charge on any atom is -0.223 e. The van der Waals surface area contributed by atoms with Crippen molar-refractivity contribution in [2.24, 2.45) is 0 Å². The number of hydrogen-bond donors (Lipinski definition) is 0. The highest BCUT2D eigenvalue weighted by molar-refractivity contribution is 9.10. The van der Waals surface area contributed by atoms with E-state index in [0.717, 1.165) is 10.0 Å². The highest BCUT2D eigenvalue weighted by Gasteiger charge is 2.15. The van der Waals surface area contributed by atoms with E-state index in [4.69, 9.17) is 0 Å². The van der Waals surface area contributed by atoms with Crippen LogP contribution in [0.15, 0.2) is 57.9 Å². The van der Waals surface area contributed by atoms with E-state index < -0.39 is 9.84 Å². The van der Waals surface area contributed by atoms with Crippen molar-refractivity contribution in [3.8, 4) is 0 Å². The lowest BCUT2D eigenvalue weighted by molar-refractivity contribution is 0.595. The standard InChI is InChI=1S/C13H10BrO2S/c14-12-7-4-8-13(9-12)17(15,16)10-11-5-2-1-3-6-11/h1-2,4-9H,10H2. The first kappa shape index (κ1) is 12.3. The maximum absolute atomic E-state index is 12.1. The van der Waals surface area contributed by atoms with Crippen LogP contribution in [0.2, 0.25) is 0 Å². The Morgan fingerprint density at radius 1 is 1.18 bits per heavy atom. The molecule has 2 rings (SSSR count). The lowest BCUT2D eigenvalue weighted by Crippen LogP contribution is -2.04. The number of rotatable bonds is 3. The summed E-state index contributed by atoms with van der Waals surface area (Å²) in [5.41, 5.74) is 0.743. The van der Waals surface area contributed by atoms with Gasteiger partial charge < -0.3 is 0 Å². The molecule has 2 nitrogen and oxygen atoms in total. The summed E-state index contributed by atoms with van der Waals surface area (Å²) in [6.45, 7) is 0. The molecule has 0 bridgehead atoms. The van der Waals surface area contributed by atoms with Crippen LogP contribution in [0.1, 0.15) is 5.56 Å². The molecule has 87 valence electrons. The van der Waals surface area contributed by atoms with Gasteiger partial charge in [-0.15, -0.1) is 0 Å². The van der Waals surface area contributed by atoms with Crippen molar-refractivity contribution in [3.05, 3.63) is 64.6 Å². The van der Waals surface area contributed by atoms with E-state index in [9.17, 15) is 8.42 Å². The third kappa shape index (κ3) is 3.17. The average Bonchev–Trinajstić information content (AvgIpc) is 2.30. The summed E-state index contributed by atoms with van der Waals surface area (Å²) >= 11 is 3.27. The van der Waals surface area contributed by atoms with Crippen LogP contribution in [0.4, 0.5) is 0 Å². The van der Waals surface area contributed by atoms with Crippen molar-refractivity contribution in [3.63, 3.8) is 0 Å². The van der Waals surface area contributed by atoms with E-state index in [-0.39, 0.29) is 5.75 Å². The Kier molecular flexibility index (Phi) is 3.64. The summed E-state index contributed by atoms with van der Waals surface area (Å²) in [4.78, 5) is 0.329. The van der Waals surface area contributed by atoms with Crippen LogP contribution in [0.25, 0.3) is 0 Å². The summed E-state index contributed by atoms with van der Waals surface area (Å²) in [6, 6.07) is 16.6. The molecular formula is C13H10BrO2S. The summed E-state index contributed by atoms with van der Waals surface area (Å²) in [7, 11) is -3.29. The van der Waals surface area contributed by atoms with Crippen molar-refractivity contribution in [1.82, 2.24) is 0 Å². The van der Waals surface area contributed by atoms with Gasteiger partial charge in [-0.1, -0.05) is 46.3 Å². The second-order valence-electron chi connectivity index (χ2n) is 3.63. The second-order valence-corrected chi connectivity index (χ2v) is 6.53. The molecule has 1 radical (unpaired) electrons. The van der Waals surface area contributed by atoms with Crippen LogP contribution in [-0.4, -0.2) is 8.42 Å². The van der Waals surface area contributed by atoms with E-state index in [0.29, 0.717) is 4.90 Å². The van der Waals surface area contributed by atoms with E-state index in [2.05, 4.69) is 22.0 Å². The van der Waals surface area contributed by atoms with Gasteiger partial charge in [0.15, 0.2) is 9.84 Å². The third-order valence-corrected chi connectivity index (χ3v) is 4.46. The number of halogens is 1. The Labute approximate surface area is 109 Å². The maximum Gasteiger partial charge on any atom is 0.182 e. The fourth-order valence-electron chi connectivity index (χ4n) is 1.48. The first-order chi connectivity index (χ1) is 8.08. The summed E-state index contributed by atoms with van der Waals surface area (Å²) < 4.78 is 25.0. The Morgan fingerprint density at radius 2 is 2.00 bits per heavy atom. The zero-order valence-electron chi connectivity index (χ0n) is 8.93. The average molecular weight is 310 g/mol. The van der Waals surface area contributed by atoms with E-state index in [1.807, 2.05) is 0 Å². The van der Waals surface area contributed by atoms with E-state index in [1.54, 1.807) is 48.5 Å². The van der Waals surface area contributed by atoms with Gasteiger partial charge >= 0.3 is 0 Å². The van der Waals surface area contributed by atoms with Gasteiger partial charge in [-0.3, -0.25) is 0 Å². The minimum absolute atomic E-state index is 0.000787. The summed E-state index contributed by atoms with van der Waals surface area (Å²) in [5, 5.41) is 0. The molecule has 2 aromatic carbocycles. The largest absolute Gasteiger partial charge is 0.223 e. The van der Waals surface area contributed by atoms with E-state index in [1.165, 1.54) is 0 Å². The van der Waals surface area contributed by atoms with Gasteiger partial charge in [-0.2, -0.15) is 0 Å². The van der Waals surface area contributed by atoms with Crippen molar-refractivity contribution >= 4 is 25.8 Å². The predicted octanol–water partition coefficient (Wildman–Crippen LogP) is 3.22. The van der Waals surface area contributed by atoms with Gasteiger partial charge in [0.2, 0.25) is 0 Å². The topological polar surface area (TPSA) is 34.1 Å². The minimum atomic E-state index is -3.29. The lowest BCUT2D eigenvalue weighted by atomic mass is 10.2. The SMILES string of the molecule is O=S(=O)(Cc1c[c]ccc1)c1cccc(Br)c1. The molecule has 0 aromatic heterocycles. The second kappa shape index (κ2) is 5.02. The molecule has 0 aliphatic rings. The Balaban J connectivity index is 2.32. The summed E-state index contributed by atoms with van der Waals surface area (Å²) in [5.74, 6) is 0.000787. The zero-order chi connectivity index (χ0) is 12.3. The Bertz CT molecular complexity index is 606. The maximum atomic E-state index is 12.1. The molecule has 0 saturated heterocycles. The summed E-state index contributed by atoms with van der Waals surface area (Å²) in [6.07, 6.45) is 0. The molecule has 0 saturated carbocycles. The number of sulfone groups is 1. The van der Waals surface area contributed by atoms with Crippen LogP contribution in [0.3, 0.4) is 0 Å². The van der Waals surface area contributed by atoms with Gasteiger partial charge in [-0.25, -0.2) is 8.42 Å². The molecule has 0 N–H and O–H groups in total. The number of benzene rings is 2. The highest BCUT2D eigenvalue weighted by Crippen LogP contribution is 2.20. The Hall–Kier alpha value is -1.13. The first-order valence-electron chi connectivity index (χ1n) is 5.01. The monoisotopic (exact) mass is 309 g/mol. The smallest absolute Gasteiger partial charge is 0.182 e. The molecule has 0 amide bonds. The molecule has 2 aromatic rings. The van der Waals surface area contributed by atoms with Crippen LogP contribution < -0.4 is 0 Å². The van der Waals surface area contributed by atoms with Gasteiger partial charge in [0, 0.05) is 4.47 Å². The number of hydrogen-bond acceptors (Lipinski definition) is 2. The molecular weight excluding hydrogens is 300 g/mol. The molecule has 0 spiro atoms. The Morgan fingerprint density at radius 3 is 2.65 bits per heavy atom. The fraction of sp³-hybridized carbons (Fsp3) is 0.0769. The van der Waals surface area contributed by atoms with Gasteiger partial charge in [0.25, 0.3) is 0 Å². The molecule has 0 heterocycles. The van der Waals surface area contributed by atoms with Gasteiger partial charge in [-0.05, 0) is 29.8 Å². The van der Waals surface area contributed by atoms with Gasteiger partial charge in [0.05, 0.1) is 10.6 Å². The normalized spacial score (nSPS) is 11.4. The fourth-order valence-corrected chi connectivity index (χ4v) is 3.41. The van der Waals surface area contributed by atoms with Crippen molar-refractivity contribution in [2.45, 2.75) is 10.6 Å². The van der Waals surface area contributed by atoms with Crippen molar-refractivity contribution in [2.75, 3.05) is 0 Å². The first-order valence-corrected chi connectivity index (χ1v) is 7.46. The highest BCUT2D eigenvalue weighted by atomic mass is 79.9. The zero-order valence-corrected chi connectivity index (χ0v) is 11.3. The quantitative estimate of drug-likeness (QED) is 0.872. The van der Waals surface area contributed by atoms with Crippen molar-refractivity contribution < 1.29 is 8.42 Å². The predicted molar refractivity (Wildman–Crippen MR) is 70.3 cm³/mol. The molecule has 17 heavy (non-hydrogen) atoms. The lowest BCUT2D eigenvalue weighted by Gasteiger charge is -2.04. The van der Waals surface area contributed by atoms with Crippen LogP contribution in [0.5, 0.6) is 0 Å². The van der Waals surface area contributed by atoms with Crippen LogP contribution in [0, 0.1) is 6.07 Å². The molecule has 0 aliphatic carbocycles. The molecule has 0 fully saturated rings. The molecule has 4 heteroatoms. The molecule has 0 aliphatic heterocycles. The third-order valence-electron chi connectivity index (χ3n) is 2.28. The van der Waals surface area contributed by atoms with Crippen LogP contribution >= 0.6 is 15.9 Å². The molecule has 0 atom stereocenters. The molecule has 0 unspecified atom stereocenters.